The summed E-state index contributed by atoms with van der Waals surface area (Å²) in [6.45, 7) is 9.27. The summed E-state index contributed by atoms with van der Waals surface area (Å²) in [6, 6.07) is 7.83. The van der Waals surface area contributed by atoms with Crippen LogP contribution in [0.1, 0.15) is 31.9 Å². The number of ether oxygens (including phenoxy) is 1. The third-order valence-corrected chi connectivity index (χ3v) is 5.67. The molecule has 3 aromatic rings. The molecule has 0 aliphatic carbocycles. The summed E-state index contributed by atoms with van der Waals surface area (Å²) >= 11 is 0. The molecule has 0 spiro atoms. The summed E-state index contributed by atoms with van der Waals surface area (Å²) in [4.78, 5) is 29.6. The summed E-state index contributed by atoms with van der Waals surface area (Å²) in [5, 5.41) is 11.5. The number of anilines is 1. The van der Waals surface area contributed by atoms with Gasteiger partial charge in [0.05, 0.1) is 23.4 Å². The van der Waals surface area contributed by atoms with Gasteiger partial charge in [0.2, 0.25) is 0 Å². The third kappa shape index (κ3) is 3.51. The zero-order chi connectivity index (χ0) is 22.6. The Kier molecular flexibility index (Phi) is 4.54. The van der Waals surface area contributed by atoms with Gasteiger partial charge in [-0.1, -0.05) is 0 Å². The molecule has 8 heteroatoms. The Labute approximate surface area is 186 Å². The number of aromatic hydroxyl groups is 1. The summed E-state index contributed by atoms with van der Waals surface area (Å²) in [6.07, 6.45) is 3.24. The smallest absolute Gasteiger partial charge is 0.411 e. The Morgan fingerprint density at radius 2 is 2.00 bits per heavy atom. The fraction of sp³-hybridized carbons (Fsp3) is 0.333. The molecule has 1 N–H and O–H groups in total. The molecule has 0 radical (unpaired) electrons. The molecule has 5 rings (SSSR count). The maximum atomic E-state index is 12.4. The van der Waals surface area contributed by atoms with Gasteiger partial charge in [-0.3, -0.25) is 9.89 Å². The highest BCUT2D eigenvalue weighted by atomic mass is 16.6. The molecule has 2 aliphatic rings. The minimum Gasteiger partial charge on any atom is -0.507 e. The lowest BCUT2D eigenvalue weighted by Gasteiger charge is -2.25. The number of aromatic nitrogens is 2. The van der Waals surface area contributed by atoms with Crippen molar-refractivity contribution < 1.29 is 14.6 Å². The van der Waals surface area contributed by atoms with Crippen molar-refractivity contribution in [2.24, 2.45) is 4.99 Å². The molecule has 0 saturated carbocycles. The van der Waals surface area contributed by atoms with Gasteiger partial charge in [0.25, 0.3) is 0 Å². The van der Waals surface area contributed by atoms with Crippen molar-refractivity contribution in [2.75, 3.05) is 24.7 Å². The van der Waals surface area contributed by atoms with Crippen LogP contribution in [0.15, 0.2) is 35.5 Å². The Balaban J connectivity index is 1.38. The summed E-state index contributed by atoms with van der Waals surface area (Å²) in [7, 11) is 0. The molecule has 164 valence electrons. The Hall–Kier alpha value is -3.68. The first-order valence-corrected chi connectivity index (χ1v) is 10.6. The van der Waals surface area contributed by atoms with Crippen molar-refractivity contribution in [3.05, 3.63) is 41.6 Å². The zero-order valence-electron chi connectivity index (χ0n) is 18.6. The number of aliphatic imine (C=N–C) groups is 1. The lowest BCUT2D eigenvalue weighted by Crippen LogP contribution is -2.36. The number of rotatable bonds is 2. The van der Waals surface area contributed by atoms with Gasteiger partial charge in [0.15, 0.2) is 5.82 Å². The minimum absolute atomic E-state index is 0.163. The van der Waals surface area contributed by atoms with E-state index < -0.39 is 5.60 Å². The van der Waals surface area contributed by atoms with E-state index in [0.29, 0.717) is 24.6 Å². The van der Waals surface area contributed by atoms with E-state index in [-0.39, 0.29) is 11.8 Å². The number of carbonyl (C=O) groups is 1. The van der Waals surface area contributed by atoms with E-state index in [1.54, 1.807) is 17.3 Å². The molecule has 1 aromatic heterocycles. The molecule has 2 aliphatic heterocycles. The van der Waals surface area contributed by atoms with E-state index in [1.165, 1.54) is 0 Å². The molecule has 1 saturated heterocycles. The summed E-state index contributed by atoms with van der Waals surface area (Å²) in [5.41, 5.74) is 4.42. The topological polar surface area (TPSA) is 91.2 Å². The molecule has 0 atom stereocenters. The number of hydrogen-bond acceptors (Lipinski definition) is 7. The zero-order valence-corrected chi connectivity index (χ0v) is 18.6. The first kappa shape index (κ1) is 20.2. The first-order valence-electron chi connectivity index (χ1n) is 10.6. The number of fused-ring (bicyclic) bond motifs is 2. The number of nitrogens with zero attached hydrogens (tertiary/aromatic N) is 5. The van der Waals surface area contributed by atoms with Crippen molar-refractivity contribution >= 4 is 34.6 Å². The molecule has 0 bridgehead atoms. The van der Waals surface area contributed by atoms with Crippen LogP contribution in [-0.4, -0.2) is 57.6 Å². The number of hydrogen-bond donors (Lipinski definition) is 1. The lowest BCUT2D eigenvalue weighted by atomic mass is 9.99. The number of benzene rings is 2. The van der Waals surface area contributed by atoms with Gasteiger partial charge in [0, 0.05) is 47.7 Å². The van der Waals surface area contributed by atoms with Crippen molar-refractivity contribution in [3.8, 4) is 17.1 Å². The number of carbonyl (C=O) groups excluding carboxylic acids is 1. The Morgan fingerprint density at radius 3 is 2.72 bits per heavy atom. The van der Waals surface area contributed by atoms with Crippen molar-refractivity contribution in [3.63, 3.8) is 0 Å². The molecular formula is C24H25N5O3. The average molecular weight is 431 g/mol. The van der Waals surface area contributed by atoms with Gasteiger partial charge in [-0.25, -0.2) is 14.8 Å². The maximum Gasteiger partial charge on any atom is 0.411 e. The molecule has 8 nitrogen and oxygen atoms in total. The second-order valence-electron chi connectivity index (χ2n) is 9.18. The van der Waals surface area contributed by atoms with E-state index in [0.717, 1.165) is 39.9 Å². The van der Waals surface area contributed by atoms with E-state index in [4.69, 9.17) is 4.74 Å². The van der Waals surface area contributed by atoms with Gasteiger partial charge in [0.1, 0.15) is 11.4 Å². The van der Waals surface area contributed by atoms with Crippen LogP contribution < -0.4 is 4.90 Å². The van der Waals surface area contributed by atoms with E-state index in [9.17, 15) is 9.90 Å². The average Bonchev–Trinajstić information content (AvgIpc) is 3.21. The molecule has 3 heterocycles. The second kappa shape index (κ2) is 7.19. The highest BCUT2D eigenvalue weighted by Crippen LogP contribution is 2.41. The normalized spacial score (nSPS) is 15.1. The lowest BCUT2D eigenvalue weighted by molar-refractivity contribution is 0.0297. The number of phenols is 1. The maximum absolute atomic E-state index is 12.4. The van der Waals surface area contributed by atoms with Crippen LogP contribution in [0.3, 0.4) is 0 Å². The molecule has 32 heavy (non-hydrogen) atoms. The van der Waals surface area contributed by atoms with Gasteiger partial charge < -0.3 is 14.7 Å². The van der Waals surface area contributed by atoms with Crippen molar-refractivity contribution in [1.29, 1.82) is 0 Å². The van der Waals surface area contributed by atoms with Crippen LogP contribution in [-0.2, 0) is 4.74 Å². The monoisotopic (exact) mass is 431 g/mol. The fourth-order valence-corrected chi connectivity index (χ4v) is 3.95. The second-order valence-corrected chi connectivity index (χ2v) is 9.18. The highest BCUT2D eigenvalue weighted by Gasteiger charge is 2.28. The molecule has 2 aromatic carbocycles. The van der Waals surface area contributed by atoms with Gasteiger partial charge in [-0.2, -0.15) is 0 Å². The van der Waals surface area contributed by atoms with E-state index >= 15 is 0 Å². The van der Waals surface area contributed by atoms with Gasteiger partial charge >= 0.3 is 6.09 Å². The Bertz CT molecular complexity index is 1280. The van der Waals surface area contributed by atoms with Crippen LogP contribution >= 0.6 is 0 Å². The van der Waals surface area contributed by atoms with Crippen LogP contribution in [0.25, 0.3) is 22.3 Å². The third-order valence-electron chi connectivity index (χ3n) is 5.67. The fourth-order valence-electron chi connectivity index (χ4n) is 3.95. The quantitative estimate of drug-likeness (QED) is 0.506. The molecule has 1 amide bonds. The Morgan fingerprint density at radius 1 is 1.19 bits per heavy atom. The number of phenolic OH excluding ortho intramolecular Hbond substituents is 1. The predicted molar refractivity (Wildman–Crippen MR) is 124 cm³/mol. The van der Waals surface area contributed by atoms with Crippen LogP contribution in [0.5, 0.6) is 5.75 Å². The largest absolute Gasteiger partial charge is 0.507 e. The summed E-state index contributed by atoms with van der Waals surface area (Å²) < 4.78 is 5.48. The first-order chi connectivity index (χ1) is 15.2. The molecule has 1 fully saturated rings. The van der Waals surface area contributed by atoms with Crippen LogP contribution in [0.2, 0.25) is 0 Å². The van der Waals surface area contributed by atoms with Crippen molar-refractivity contribution in [2.45, 2.75) is 33.3 Å². The molecule has 0 unspecified atom stereocenters. The van der Waals surface area contributed by atoms with Crippen LogP contribution in [0.4, 0.5) is 16.2 Å². The highest BCUT2D eigenvalue weighted by molar-refractivity contribution is 6.00. The van der Waals surface area contributed by atoms with Crippen LogP contribution in [0, 0.1) is 6.92 Å². The molecular weight excluding hydrogens is 406 g/mol. The van der Waals surface area contributed by atoms with Crippen molar-refractivity contribution in [1.82, 2.24) is 14.9 Å². The van der Waals surface area contributed by atoms with E-state index in [2.05, 4.69) is 19.9 Å². The summed E-state index contributed by atoms with van der Waals surface area (Å²) in [5.74, 6) is 0.641. The SMILES string of the molecule is Cc1c(O)c(-c2ncc3cc(N4CCN(C(=O)OC(C)(C)C)C4)ccc3n2)cc2c1N=C2. The van der Waals surface area contributed by atoms with Gasteiger partial charge in [-0.05, 0) is 52.0 Å². The van der Waals surface area contributed by atoms with Gasteiger partial charge in [-0.15, -0.1) is 0 Å². The minimum atomic E-state index is -0.512. The predicted octanol–water partition coefficient (Wildman–Crippen LogP) is 4.39. The number of amides is 1. The standard InChI is InChI=1S/C24H25N5O3/c1-14-20-16(12-25-20)10-18(21(14)30)22-26-11-15-9-17(5-6-19(15)27-22)28-7-8-29(13-28)23(31)32-24(2,3)4/h5-6,9-12,30H,7-8,13H2,1-4H3. The van der Waals surface area contributed by atoms with E-state index in [1.807, 2.05) is 52.0 Å².